The Balaban J connectivity index is 1.97. The van der Waals surface area contributed by atoms with Crippen molar-refractivity contribution in [2.45, 2.75) is 26.3 Å². The number of nitrogens with two attached hydrogens (primary N) is 1. The van der Waals surface area contributed by atoms with Gasteiger partial charge >= 0.3 is 0 Å². The zero-order valence-corrected chi connectivity index (χ0v) is 11.4. The summed E-state index contributed by atoms with van der Waals surface area (Å²) in [4.78, 5) is 19.8. The Morgan fingerprint density at radius 3 is 2.89 bits per heavy atom. The SMILES string of the molecule is CC(C)c1nnc(C(=O)NCc2nccc(N)n2)s1. The zero-order chi connectivity index (χ0) is 13.8. The molecule has 0 aromatic carbocycles. The molecule has 0 saturated carbocycles. The highest BCUT2D eigenvalue weighted by atomic mass is 32.1. The van der Waals surface area contributed by atoms with Gasteiger partial charge in [-0.25, -0.2) is 9.97 Å². The van der Waals surface area contributed by atoms with Crippen molar-refractivity contribution in [1.82, 2.24) is 25.5 Å². The van der Waals surface area contributed by atoms with Gasteiger partial charge < -0.3 is 11.1 Å². The van der Waals surface area contributed by atoms with Crippen LogP contribution in [0.25, 0.3) is 0 Å². The Morgan fingerprint density at radius 2 is 2.26 bits per heavy atom. The average molecular weight is 278 g/mol. The molecule has 0 radical (unpaired) electrons. The van der Waals surface area contributed by atoms with Crippen molar-refractivity contribution < 1.29 is 4.79 Å². The molecule has 2 rings (SSSR count). The molecule has 7 nitrogen and oxygen atoms in total. The number of aromatic nitrogens is 4. The number of nitrogens with one attached hydrogen (secondary N) is 1. The molecular weight excluding hydrogens is 264 g/mol. The summed E-state index contributed by atoms with van der Waals surface area (Å²) < 4.78 is 0. The predicted molar refractivity (Wildman–Crippen MR) is 71.6 cm³/mol. The minimum absolute atomic E-state index is 0.209. The van der Waals surface area contributed by atoms with Gasteiger partial charge in [0.15, 0.2) is 0 Å². The van der Waals surface area contributed by atoms with E-state index < -0.39 is 0 Å². The molecule has 2 aromatic rings. The molecule has 8 heteroatoms. The molecule has 0 atom stereocenters. The molecule has 0 spiro atoms. The van der Waals surface area contributed by atoms with Gasteiger partial charge in [0.1, 0.15) is 16.6 Å². The normalized spacial score (nSPS) is 10.7. The number of carbonyl (C=O) groups excluding carboxylic acids is 1. The van der Waals surface area contributed by atoms with Gasteiger partial charge in [-0.15, -0.1) is 10.2 Å². The fourth-order valence-corrected chi connectivity index (χ4v) is 2.06. The molecule has 19 heavy (non-hydrogen) atoms. The molecule has 0 saturated heterocycles. The van der Waals surface area contributed by atoms with Crippen LogP contribution in [0.4, 0.5) is 5.82 Å². The maximum Gasteiger partial charge on any atom is 0.282 e. The van der Waals surface area contributed by atoms with Crippen LogP contribution in [0.2, 0.25) is 0 Å². The first-order valence-corrected chi connectivity index (χ1v) is 6.57. The number of nitrogen functional groups attached to an aromatic ring is 1. The van der Waals surface area contributed by atoms with Crippen LogP contribution in [-0.4, -0.2) is 26.1 Å². The quantitative estimate of drug-likeness (QED) is 0.862. The molecule has 3 N–H and O–H groups in total. The van der Waals surface area contributed by atoms with Crippen molar-refractivity contribution in [3.63, 3.8) is 0 Å². The van der Waals surface area contributed by atoms with Crippen LogP contribution in [-0.2, 0) is 6.54 Å². The second-order valence-electron chi connectivity index (χ2n) is 4.18. The van der Waals surface area contributed by atoms with Crippen molar-refractivity contribution in [3.05, 3.63) is 28.1 Å². The fourth-order valence-electron chi connectivity index (χ4n) is 1.29. The smallest absolute Gasteiger partial charge is 0.282 e. The molecule has 0 aliphatic rings. The van der Waals surface area contributed by atoms with E-state index in [0.717, 1.165) is 5.01 Å². The number of anilines is 1. The van der Waals surface area contributed by atoms with Crippen molar-refractivity contribution in [2.24, 2.45) is 0 Å². The number of nitrogens with zero attached hydrogens (tertiary/aromatic N) is 4. The van der Waals surface area contributed by atoms with Gasteiger partial charge in [0.25, 0.3) is 5.91 Å². The maximum absolute atomic E-state index is 11.8. The molecule has 0 aliphatic carbocycles. The van der Waals surface area contributed by atoms with E-state index >= 15 is 0 Å². The number of amides is 1. The molecular formula is C11H14N6OS. The van der Waals surface area contributed by atoms with Gasteiger partial charge in [-0.3, -0.25) is 4.79 Å². The topological polar surface area (TPSA) is 107 Å². The van der Waals surface area contributed by atoms with Crippen LogP contribution in [0.5, 0.6) is 0 Å². The van der Waals surface area contributed by atoms with E-state index in [1.54, 1.807) is 12.3 Å². The van der Waals surface area contributed by atoms with Crippen LogP contribution >= 0.6 is 11.3 Å². The monoisotopic (exact) mass is 278 g/mol. The number of hydrogen-bond donors (Lipinski definition) is 2. The second kappa shape index (κ2) is 5.70. The van der Waals surface area contributed by atoms with Crippen LogP contribution in [0.15, 0.2) is 12.3 Å². The van der Waals surface area contributed by atoms with Gasteiger partial charge in [0.05, 0.1) is 6.54 Å². The standard InChI is InChI=1S/C11H14N6OS/c1-6(2)10-16-17-11(19-10)9(18)14-5-8-13-4-3-7(12)15-8/h3-4,6H,5H2,1-2H3,(H,14,18)(H2,12,13,15). The molecule has 2 aromatic heterocycles. The minimum atomic E-state index is -0.282. The predicted octanol–water partition coefficient (Wildman–Crippen LogP) is 0.964. The Hall–Kier alpha value is -2.09. The largest absolute Gasteiger partial charge is 0.384 e. The molecule has 100 valence electrons. The third-order valence-electron chi connectivity index (χ3n) is 2.26. The van der Waals surface area contributed by atoms with Gasteiger partial charge in [-0.1, -0.05) is 25.2 Å². The summed E-state index contributed by atoms with van der Waals surface area (Å²) in [6, 6.07) is 1.59. The summed E-state index contributed by atoms with van der Waals surface area (Å²) in [6.45, 7) is 4.21. The van der Waals surface area contributed by atoms with Crippen LogP contribution in [0.3, 0.4) is 0 Å². The first-order chi connectivity index (χ1) is 9.06. The van der Waals surface area contributed by atoms with Gasteiger partial charge in [0.2, 0.25) is 5.01 Å². The third kappa shape index (κ3) is 3.44. The van der Waals surface area contributed by atoms with Crippen molar-refractivity contribution >= 4 is 23.1 Å². The van der Waals surface area contributed by atoms with Crippen molar-refractivity contribution in [2.75, 3.05) is 5.73 Å². The highest BCUT2D eigenvalue weighted by Crippen LogP contribution is 2.18. The Bertz CT molecular complexity index is 582. The van der Waals surface area contributed by atoms with Crippen LogP contribution in [0.1, 0.15) is 40.4 Å². The van der Waals surface area contributed by atoms with Crippen molar-refractivity contribution in [1.29, 1.82) is 0 Å². The molecule has 0 bridgehead atoms. The summed E-state index contributed by atoms with van der Waals surface area (Å²) >= 11 is 1.29. The van der Waals surface area contributed by atoms with Crippen molar-refractivity contribution in [3.8, 4) is 0 Å². The van der Waals surface area contributed by atoms with Gasteiger partial charge in [-0.2, -0.15) is 0 Å². The first kappa shape index (κ1) is 13.3. The summed E-state index contributed by atoms with van der Waals surface area (Å²) in [5, 5.41) is 11.7. The number of hydrogen-bond acceptors (Lipinski definition) is 7. The Morgan fingerprint density at radius 1 is 1.47 bits per heavy atom. The summed E-state index contributed by atoms with van der Waals surface area (Å²) in [5.74, 6) is 0.811. The first-order valence-electron chi connectivity index (χ1n) is 5.75. The lowest BCUT2D eigenvalue weighted by Gasteiger charge is -2.01. The minimum Gasteiger partial charge on any atom is -0.384 e. The van der Waals surface area contributed by atoms with E-state index in [0.29, 0.717) is 16.6 Å². The van der Waals surface area contributed by atoms with Crippen LogP contribution in [0, 0.1) is 0 Å². The van der Waals surface area contributed by atoms with E-state index in [2.05, 4.69) is 25.5 Å². The maximum atomic E-state index is 11.8. The highest BCUT2D eigenvalue weighted by Gasteiger charge is 2.14. The summed E-state index contributed by atoms with van der Waals surface area (Å²) in [5.41, 5.74) is 5.53. The van der Waals surface area contributed by atoms with E-state index in [1.807, 2.05) is 13.8 Å². The lowest BCUT2D eigenvalue weighted by molar-refractivity contribution is 0.0948. The second-order valence-corrected chi connectivity index (χ2v) is 5.19. The lowest BCUT2D eigenvalue weighted by Crippen LogP contribution is -2.24. The van der Waals surface area contributed by atoms with E-state index in [-0.39, 0.29) is 18.4 Å². The van der Waals surface area contributed by atoms with Crippen LogP contribution < -0.4 is 11.1 Å². The number of rotatable bonds is 4. The molecule has 0 unspecified atom stereocenters. The Kier molecular flexibility index (Phi) is 4.00. The van der Waals surface area contributed by atoms with E-state index in [9.17, 15) is 4.79 Å². The zero-order valence-electron chi connectivity index (χ0n) is 10.6. The Labute approximate surface area is 114 Å². The molecule has 0 aliphatic heterocycles. The van der Waals surface area contributed by atoms with E-state index in [4.69, 9.17) is 5.73 Å². The van der Waals surface area contributed by atoms with Gasteiger partial charge in [0, 0.05) is 12.1 Å². The van der Waals surface area contributed by atoms with Gasteiger partial charge in [-0.05, 0) is 6.07 Å². The molecule has 1 amide bonds. The average Bonchev–Trinajstić information content (AvgIpc) is 2.86. The third-order valence-corrected chi connectivity index (χ3v) is 3.49. The molecule has 2 heterocycles. The van der Waals surface area contributed by atoms with E-state index in [1.165, 1.54) is 11.3 Å². The summed E-state index contributed by atoms with van der Waals surface area (Å²) in [7, 11) is 0. The number of carbonyl (C=O) groups is 1. The lowest BCUT2D eigenvalue weighted by atomic mass is 10.2. The fraction of sp³-hybridized carbons (Fsp3) is 0.364. The highest BCUT2D eigenvalue weighted by molar-refractivity contribution is 7.13. The summed E-state index contributed by atoms with van der Waals surface area (Å²) in [6.07, 6.45) is 1.55. The molecule has 0 fully saturated rings.